The fourth-order valence-corrected chi connectivity index (χ4v) is 3.71. The maximum atomic E-state index is 12.6. The van der Waals surface area contributed by atoms with Gasteiger partial charge in [-0.05, 0) is 42.2 Å². The molecular weight excluding hydrogens is 439 g/mol. The Morgan fingerprint density at radius 2 is 1.87 bits per heavy atom. The van der Waals surface area contributed by atoms with Gasteiger partial charge in [0.25, 0.3) is 5.91 Å². The van der Waals surface area contributed by atoms with Crippen molar-refractivity contribution in [3.05, 3.63) is 92.8 Å². The molecule has 1 heterocycles. The van der Waals surface area contributed by atoms with E-state index in [1.807, 2.05) is 6.07 Å². The first kappa shape index (κ1) is 22.7. The molecule has 3 rings (SSSR count). The van der Waals surface area contributed by atoms with E-state index in [0.29, 0.717) is 40.7 Å². The van der Waals surface area contributed by atoms with Gasteiger partial charge in [0.15, 0.2) is 0 Å². The molecule has 1 aliphatic rings. The van der Waals surface area contributed by atoms with Crippen molar-refractivity contribution in [2.45, 2.75) is 19.4 Å². The molecule has 0 fully saturated rings. The lowest BCUT2D eigenvalue weighted by Crippen LogP contribution is -2.29. The number of nitrogens with zero attached hydrogens (tertiary/aromatic N) is 1. The molecule has 1 amide bonds. The minimum absolute atomic E-state index is 0.150. The number of nitrogens with one attached hydrogen (secondary N) is 1. The number of benzene rings is 2. The number of halogens is 2. The summed E-state index contributed by atoms with van der Waals surface area (Å²) in [5.41, 5.74) is 2.28. The van der Waals surface area contributed by atoms with Gasteiger partial charge >= 0.3 is 5.97 Å². The number of aliphatic hydroxyl groups excluding tert-OH is 1. The Bertz CT molecular complexity index is 1070. The Labute approximate surface area is 190 Å². The SMILES string of the molecule is C=C1C(O)=C(C(=O)NCCCc2ccc(Cl)c(Cl)c2)CN1Cc1ccccc1C(=O)O. The van der Waals surface area contributed by atoms with Crippen LogP contribution in [0.2, 0.25) is 10.0 Å². The van der Waals surface area contributed by atoms with Gasteiger partial charge in [0.1, 0.15) is 5.76 Å². The normalized spacial score (nSPS) is 13.6. The van der Waals surface area contributed by atoms with E-state index in [1.165, 1.54) is 6.07 Å². The molecule has 0 spiro atoms. The van der Waals surface area contributed by atoms with Crippen molar-refractivity contribution in [3.8, 4) is 0 Å². The zero-order valence-corrected chi connectivity index (χ0v) is 18.2. The van der Waals surface area contributed by atoms with Gasteiger partial charge in [-0.1, -0.05) is 54.0 Å². The highest BCUT2D eigenvalue weighted by Crippen LogP contribution is 2.28. The number of hydrogen-bond donors (Lipinski definition) is 3. The van der Waals surface area contributed by atoms with Crippen LogP contribution in [0.25, 0.3) is 0 Å². The van der Waals surface area contributed by atoms with Crippen LogP contribution in [-0.4, -0.2) is 40.1 Å². The highest BCUT2D eigenvalue weighted by molar-refractivity contribution is 6.42. The number of carboxylic acid groups (broad SMARTS) is 1. The fourth-order valence-electron chi connectivity index (χ4n) is 3.38. The van der Waals surface area contributed by atoms with Crippen LogP contribution in [0, 0.1) is 0 Å². The first-order valence-corrected chi connectivity index (χ1v) is 10.4. The van der Waals surface area contributed by atoms with E-state index in [2.05, 4.69) is 11.9 Å². The molecule has 8 heteroatoms. The van der Waals surface area contributed by atoms with Crippen LogP contribution < -0.4 is 5.32 Å². The van der Waals surface area contributed by atoms with Crippen LogP contribution in [-0.2, 0) is 17.8 Å². The van der Waals surface area contributed by atoms with Crippen LogP contribution in [0.15, 0.2) is 66.1 Å². The summed E-state index contributed by atoms with van der Waals surface area (Å²) in [6.45, 7) is 4.63. The van der Waals surface area contributed by atoms with Crippen molar-refractivity contribution in [2.75, 3.05) is 13.1 Å². The second-order valence-electron chi connectivity index (χ2n) is 7.20. The minimum atomic E-state index is -1.03. The van der Waals surface area contributed by atoms with Crippen molar-refractivity contribution in [2.24, 2.45) is 0 Å². The van der Waals surface area contributed by atoms with Gasteiger partial charge in [-0.15, -0.1) is 0 Å². The molecule has 0 atom stereocenters. The molecule has 0 radical (unpaired) electrons. The number of carboxylic acids is 1. The molecule has 2 aromatic carbocycles. The third kappa shape index (κ3) is 5.40. The number of carbonyl (C=O) groups excluding carboxylic acids is 1. The molecular formula is C23H22Cl2N2O4. The van der Waals surface area contributed by atoms with E-state index in [-0.39, 0.29) is 35.9 Å². The average Bonchev–Trinajstić information content (AvgIpc) is 3.02. The van der Waals surface area contributed by atoms with Gasteiger partial charge in [0, 0.05) is 13.1 Å². The zero-order chi connectivity index (χ0) is 22.5. The van der Waals surface area contributed by atoms with Crippen LogP contribution in [0.1, 0.15) is 27.9 Å². The van der Waals surface area contributed by atoms with Crippen molar-refractivity contribution in [1.82, 2.24) is 10.2 Å². The van der Waals surface area contributed by atoms with E-state index in [9.17, 15) is 19.8 Å². The Kier molecular flexibility index (Phi) is 7.25. The average molecular weight is 461 g/mol. The minimum Gasteiger partial charge on any atom is -0.505 e. The molecule has 0 saturated carbocycles. The van der Waals surface area contributed by atoms with Gasteiger partial charge in [-0.2, -0.15) is 0 Å². The lowest BCUT2D eigenvalue weighted by atomic mass is 10.1. The summed E-state index contributed by atoms with van der Waals surface area (Å²) in [6, 6.07) is 12.0. The first-order valence-electron chi connectivity index (χ1n) is 9.67. The van der Waals surface area contributed by atoms with Crippen molar-refractivity contribution >= 4 is 35.1 Å². The Morgan fingerprint density at radius 3 is 2.58 bits per heavy atom. The summed E-state index contributed by atoms with van der Waals surface area (Å²) >= 11 is 11.9. The monoisotopic (exact) mass is 460 g/mol. The van der Waals surface area contributed by atoms with Gasteiger partial charge in [0.2, 0.25) is 0 Å². The molecule has 0 aliphatic carbocycles. The molecule has 0 aromatic heterocycles. The van der Waals surface area contributed by atoms with Crippen LogP contribution >= 0.6 is 23.2 Å². The topological polar surface area (TPSA) is 89.9 Å². The quantitative estimate of drug-likeness (QED) is 0.501. The fraction of sp³-hybridized carbons (Fsp3) is 0.217. The van der Waals surface area contributed by atoms with Crippen LogP contribution in [0.5, 0.6) is 0 Å². The van der Waals surface area contributed by atoms with Crippen LogP contribution in [0.3, 0.4) is 0 Å². The van der Waals surface area contributed by atoms with Crippen LogP contribution in [0.4, 0.5) is 0 Å². The predicted molar refractivity (Wildman–Crippen MR) is 120 cm³/mol. The summed E-state index contributed by atoms with van der Waals surface area (Å²) < 4.78 is 0. The molecule has 0 saturated heterocycles. The molecule has 2 aromatic rings. The van der Waals surface area contributed by atoms with Crippen molar-refractivity contribution in [1.29, 1.82) is 0 Å². The zero-order valence-electron chi connectivity index (χ0n) is 16.7. The molecule has 6 nitrogen and oxygen atoms in total. The lowest BCUT2D eigenvalue weighted by molar-refractivity contribution is -0.117. The second-order valence-corrected chi connectivity index (χ2v) is 8.01. The number of rotatable bonds is 8. The number of aromatic carboxylic acids is 1. The lowest BCUT2D eigenvalue weighted by Gasteiger charge is -2.20. The largest absolute Gasteiger partial charge is 0.505 e. The first-order chi connectivity index (χ1) is 14.8. The summed E-state index contributed by atoms with van der Waals surface area (Å²) in [6.07, 6.45) is 1.40. The van der Waals surface area contributed by atoms with Gasteiger partial charge in [-0.3, -0.25) is 4.79 Å². The van der Waals surface area contributed by atoms with E-state index >= 15 is 0 Å². The van der Waals surface area contributed by atoms with Crippen molar-refractivity contribution < 1.29 is 19.8 Å². The van der Waals surface area contributed by atoms with E-state index < -0.39 is 5.97 Å². The highest BCUT2D eigenvalue weighted by atomic mass is 35.5. The van der Waals surface area contributed by atoms with Gasteiger partial charge in [-0.25, -0.2) is 4.79 Å². The number of carbonyl (C=O) groups is 2. The Hall–Kier alpha value is -2.96. The highest BCUT2D eigenvalue weighted by Gasteiger charge is 2.30. The molecule has 31 heavy (non-hydrogen) atoms. The molecule has 162 valence electrons. The summed E-state index contributed by atoms with van der Waals surface area (Å²) in [5, 5.41) is 23.5. The maximum absolute atomic E-state index is 12.6. The van der Waals surface area contributed by atoms with Gasteiger partial charge in [0.05, 0.1) is 33.4 Å². The number of amides is 1. The summed E-state index contributed by atoms with van der Waals surface area (Å²) in [5.74, 6) is -1.57. The molecule has 1 aliphatic heterocycles. The predicted octanol–water partition coefficient (Wildman–Crippen LogP) is 4.58. The smallest absolute Gasteiger partial charge is 0.336 e. The second kappa shape index (κ2) is 9.90. The van der Waals surface area contributed by atoms with Crippen molar-refractivity contribution in [3.63, 3.8) is 0 Å². The number of aliphatic hydroxyl groups is 1. The van der Waals surface area contributed by atoms with E-state index in [4.69, 9.17) is 23.2 Å². The maximum Gasteiger partial charge on any atom is 0.336 e. The number of aryl methyl sites for hydroxylation is 1. The van der Waals surface area contributed by atoms with Gasteiger partial charge < -0.3 is 20.4 Å². The Balaban J connectivity index is 1.55. The van der Waals surface area contributed by atoms with E-state index in [0.717, 1.165) is 5.56 Å². The number of hydrogen-bond acceptors (Lipinski definition) is 4. The standard InChI is InChI=1S/C23H22Cl2N2O4/c1-14-21(28)18(13-27(14)12-16-6-2-3-7-17(16)23(30)31)22(29)26-10-4-5-15-8-9-19(24)20(25)11-15/h2-3,6-9,11,28H,1,4-5,10,12-13H2,(H,26,29)(H,30,31). The molecule has 0 unspecified atom stereocenters. The Morgan fingerprint density at radius 1 is 1.13 bits per heavy atom. The van der Waals surface area contributed by atoms with E-state index in [1.54, 1.807) is 35.2 Å². The summed E-state index contributed by atoms with van der Waals surface area (Å²) in [7, 11) is 0. The molecule has 0 bridgehead atoms. The molecule has 3 N–H and O–H groups in total. The summed E-state index contributed by atoms with van der Waals surface area (Å²) in [4.78, 5) is 25.7. The third-order valence-electron chi connectivity index (χ3n) is 5.08. The third-order valence-corrected chi connectivity index (χ3v) is 5.82.